The lowest BCUT2D eigenvalue weighted by atomic mass is 10.1. The van der Waals surface area contributed by atoms with Gasteiger partial charge in [-0.2, -0.15) is 0 Å². The number of hydrogen-bond donors (Lipinski definition) is 1. The normalized spacial score (nSPS) is 11.7. The van der Waals surface area contributed by atoms with E-state index in [0.717, 1.165) is 18.4 Å². The van der Waals surface area contributed by atoms with Gasteiger partial charge < -0.3 is 5.11 Å². The van der Waals surface area contributed by atoms with Crippen LogP contribution in [0.4, 0.5) is 0 Å². The van der Waals surface area contributed by atoms with Gasteiger partial charge in [0.15, 0.2) is 0 Å². The number of hydrogen-bond acceptors (Lipinski definition) is 2. The molecule has 0 saturated carbocycles. The predicted octanol–water partition coefficient (Wildman–Crippen LogP) is 1.68. The fourth-order valence-electron chi connectivity index (χ4n) is 1.03. The second kappa shape index (κ2) is 6.10. The van der Waals surface area contributed by atoms with Crippen LogP contribution in [-0.2, 0) is 4.79 Å². The largest absolute Gasteiger partial charge is 0.392 e. The van der Waals surface area contributed by atoms with E-state index >= 15 is 0 Å². The Kier molecular flexibility index (Phi) is 5.75. The summed E-state index contributed by atoms with van der Waals surface area (Å²) in [6.07, 6.45) is 4.17. The van der Waals surface area contributed by atoms with Crippen molar-refractivity contribution in [2.75, 3.05) is 6.61 Å². The number of aliphatic hydroxyl groups excluding tert-OH is 1. The fraction of sp³-hybridized carbons (Fsp3) is 0.667. The summed E-state index contributed by atoms with van der Waals surface area (Å²) in [7, 11) is 0. The molecule has 0 atom stereocenters. The lowest BCUT2D eigenvalue weighted by molar-refractivity contribution is -0.116. The zero-order valence-electron chi connectivity index (χ0n) is 7.26. The van der Waals surface area contributed by atoms with Crippen LogP contribution in [0.3, 0.4) is 0 Å². The highest BCUT2D eigenvalue weighted by Gasteiger charge is 1.98. The highest BCUT2D eigenvalue weighted by molar-refractivity contribution is 5.78. The van der Waals surface area contributed by atoms with Crippen LogP contribution in [0.2, 0.25) is 0 Å². The van der Waals surface area contributed by atoms with Crippen LogP contribution in [0.5, 0.6) is 0 Å². The molecule has 0 aliphatic heterocycles. The van der Waals surface area contributed by atoms with Crippen LogP contribution in [0.25, 0.3) is 0 Å². The van der Waals surface area contributed by atoms with E-state index in [-0.39, 0.29) is 12.4 Å². The first-order valence-corrected chi connectivity index (χ1v) is 3.99. The first-order valence-electron chi connectivity index (χ1n) is 3.99. The van der Waals surface area contributed by atoms with Crippen LogP contribution in [0, 0.1) is 0 Å². The number of aliphatic hydroxyl groups is 1. The average molecular weight is 156 g/mol. The van der Waals surface area contributed by atoms with Gasteiger partial charge >= 0.3 is 0 Å². The van der Waals surface area contributed by atoms with Crippen LogP contribution in [0.1, 0.15) is 33.1 Å². The topological polar surface area (TPSA) is 37.3 Å². The number of carbonyl (C=O) groups is 1. The summed E-state index contributed by atoms with van der Waals surface area (Å²) in [6.45, 7) is 3.68. The molecule has 0 heterocycles. The van der Waals surface area contributed by atoms with E-state index in [9.17, 15) is 4.79 Å². The molecule has 0 aromatic carbocycles. The maximum Gasteiger partial charge on any atom is 0.133 e. The van der Waals surface area contributed by atoms with E-state index in [2.05, 4.69) is 6.92 Å². The molecule has 1 N–H and O–H groups in total. The summed E-state index contributed by atoms with van der Waals surface area (Å²) in [5.41, 5.74) is 1.06. The van der Waals surface area contributed by atoms with Gasteiger partial charge in [-0.1, -0.05) is 25.0 Å². The van der Waals surface area contributed by atoms with Gasteiger partial charge in [0.1, 0.15) is 5.78 Å². The Hall–Kier alpha value is -0.630. The van der Waals surface area contributed by atoms with Crippen molar-refractivity contribution in [3.8, 4) is 0 Å². The molecule has 2 heteroatoms. The number of carbonyl (C=O) groups excluding carboxylic acids is 1. The monoisotopic (exact) mass is 156 g/mol. The lowest BCUT2D eigenvalue weighted by Gasteiger charge is -2.01. The van der Waals surface area contributed by atoms with Gasteiger partial charge in [0.25, 0.3) is 0 Å². The van der Waals surface area contributed by atoms with Gasteiger partial charge in [0.05, 0.1) is 6.61 Å². The van der Waals surface area contributed by atoms with E-state index in [4.69, 9.17) is 5.11 Å². The Balaban J connectivity index is 3.89. The van der Waals surface area contributed by atoms with Gasteiger partial charge in [0, 0.05) is 6.42 Å². The van der Waals surface area contributed by atoms with Crippen molar-refractivity contribution in [1.82, 2.24) is 0 Å². The highest BCUT2D eigenvalue weighted by atomic mass is 16.2. The molecule has 0 bridgehead atoms. The maximum absolute atomic E-state index is 10.7. The lowest BCUT2D eigenvalue weighted by Crippen LogP contribution is -1.94. The van der Waals surface area contributed by atoms with E-state index < -0.39 is 0 Å². The molecule has 0 aliphatic carbocycles. The number of ketones is 1. The van der Waals surface area contributed by atoms with Crippen molar-refractivity contribution in [2.45, 2.75) is 33.1 Å². The first-order chi connectivity index (χ1) is 5.20. The van der Waals surface area contributed by atoms with Crippen LogP contribution in [-0.4, -0.2) is 17.5 Å². The van der Waals surface area contributed by atoms with Gasteiger partial charge in [-0.25, -0.2) is 0 Å². The molecule has 64 valence electrons. The van der Waals surface area contributed by atoms with Gasteiger partial charge in [-0.15, -0.1) is 0 Å². The molecule has 0 aliphatic rings. The van der Waals surface area contributed by atoms with Crippen molar-refractivity contribution < 1.29 is 9.90 Å². The van der Waals surface area contributed by atoms with Gasteiger partial charge in [-0.05, 0) is 13.3 Å². The second-order valence-electron chi connectivity index (χ2n) is 2.67. The summed E-state index contributed by atoms with van der Waals surface area (Å²) in [5.74, 6) is 0.165. The minimum atomic E-state index is 0.0443. The number of rotatable bonds is 5. The molecule has 0 unspecified atom stereocenters. The molecule has 0 rings (SSSR count). The summed E-state index contributed by atoms with van der Waals surface area (Å²) in [5, 5.41) is 8.59. The predicted molar refractivity (Wildman–Crippen MR) is 45.4 cm³/mol. The van der Waals surface area contributed by atoms with E-state index in [1.165, 1.54) is 0 Å². The SMILES string of the molecule is CCC/C(=C\CO)CC(C)=O. The van der Waals surface area contributed by atoms with Gasteiger partial charge in [-0.3, -0.25) is 4.79 Å². The molecule has 0 radical (unpaired) electrons. The quantitative estimate of drug-likeness (QED) is 0.615. The van der Waals surface area contributed by atoms with Crippen LogP contribution < -0.4 is 0 Å². The Morgan fingerprint density at radius 1 is 1.55 bits per heavy atom. The van der Waals surface area contributed by atoms with Crippen molar-refractivity contribution in [3.05, 3.63) is 11.6 Å². The molecular weight excluding hydrogens is 140 g/mol. The zero-order chi connectivity index (χ0) is 8.69. The number of allylic oxidation sites excluding steroid dienone is 1. The summed E-state index contributed by atoms with van der Waals surface area (Å²) >= 11 is 0. The second-order valence-corrected chi connectivity index (χ2v) is 2.67. The summed E-state index contributed by atoms with van der Waals surface area (Å²) in [4.78, 5) is 10.7. The molecule has 0 aromatic rings. The molecule has 2 nitrogen and oxygen atoms in total. The van der Waals surface area contributed by atoms with Crippen molar-refractivity contribution in [2.24, 2.45) is 0 Å². The van der Waals surface area contributed by atoms with E-state index in [1.54, 1.807) is 13.0 Å². The Bertz CT molecular complexity index is 148. The number of Topliss-reactive ketones (excluding diaryl/α,β-unsaturated/α-hetero) is 1. The molecule has 0 saturated heterocycles. The standard InChI is InChI=1S/C9H16O2/c1-3-4-9(5-6-10)7-8(2)11/h5,10H,3-4,6-7H2,1-2H3/b9-5+. The fourth-order valence-corrected chi connectivity index (χ4v) is 1.03. The molecule has 0 spiro atoms. The van der Waals surface area contributed by atoms with Crippen LogP contribution in [0.15, 0.2) is 11.6 Å². The third kappa shape index (κ3) is 5.80. The van der Waals surface area contributed by atoms with Crippen molar-refractivity contribution in [3.63, 3.8) is 0 Å². The summed E-state index contributed by atoms with van der Waals surface area (Å²) < 4.78 is 0. The smallest absolute Gasteiger partial charge is 0.133 e. The highest BCUT2D eigenvalue weighted by Crippen LogP contribution is 2.09. The summed E-state index contributed by atoms with van der Waals surface area (Å²) in [6, 6.07) is 0. The third-order valence-electron chi connectivity index (χ3n) is 1.43. The molecule has 0 amide bonds. The van der Waals surface area contributed by atoms with Gasteiger partial charge in [0.2, 0.25) is 0 Å². The van der Waals surface area contributed by atoms with Crippen LogP contribution >= 0.6 is 0 Å². The Morgan fingerprint density at radius 2 is 2.18 bits per heavy atom. The molecular formula is C9H16O2. The zero-order valence-corrected chi connectivity index (χ0v) is 7.26. The Morgan fingerprint density at radius 3 is 2.55 bits per heavy atom. The maximum atomic E-state index is 10.7. The minimum absolute atomic E-state index is 0.0443. The average Bonchev–Trinajstić information content (AvgIpc) is 1.87. The molecule has 0 fully saturated rings. The van der Waals surface area contributed by atoms with E-state index in [0.29, 0.717) is 6.42 Å². The third-order valence-corrected chi connectivity index (χ3v) is 1.43. The molecule has 11 heavy (non-hydrogen) atoms. The van der Waals surface area contributed by atoms with E-state index in [1.807, 2.05) is 0 Å². The van der Waals surface area contributed by atoms with Crippen molar-refractivity contribution in [1.29, 1.82) is 0 Å². The first kappa shape index (κ1) is 10.4. The molecule has 0 aromatic heterocycles. The minimum Gasteiger partial charge on any atom is -0.392 e. The van der Waals surface area contributed by atoms with Crippen molar-refractivity contribution >= 4 is 5.78 Å². The Labute approximate surface area is 67.9 Å².